The molecule has 1 heterocycles. The minimum atomic E-state index is 0.412. The van der Waals surface area contributed by atoms with Gasteiger partial charge < -0.3 is 9.32 Å². The smallest absolute Gasteiger partial charge is 0.137 e. The highest BCUT2D eigenvalue weighted by atomic mass is 16.3. The quantitative estimate of drug-likeness (QED) is 0.161. The molecule has 8 aromatic carbocycles. The van der Waals surface area contributed by atoms with Crippen LogP contribution in [0.25, 0.3) is 66.1 Å². The number of benzene rings is 8. The summed E-state index contributed by atoms with van der Waals surface area (Å²) in [5.41, 5.74) is 14.4. The van der Waals surface area contributed by atoms with Crippen molar-refractivity contribution in [1.82, 2.24) is 0 Å². The molecule has 0 unspecified atom stereocenters. The summed E-state index contributed by atoms with van der Waals surface area (Å²) < 4.78 is 6.49. The van der Waals surface area contributed by atoms with Crippen LogP contribution in [0.2, 0.25) is 0 Å². The normalized spacial score (nSPS) is 20.9. The van der Waals surface area contributed by atoms with E-state index in [1.165, 1.54) is 82.7 Å². The molecule has 4 bridgehead atoms. The average molecular weight is 748 g/mol. The molecule has 1 aromatic heterocycles. The van der Waals surface area contributed by atoms with Gasteiger partial charge in [0.05, 0.1) is 16.8 Å². The minimum absolute atomic E-state index is 0.412. The molecular formula is C56H45NO. The number of fused-ring (bicyclic) bond motifs is 4. The highest BCUT2D eigenvalue weighted by Gasteiger charge is 2.51. The van der Waals surface area contributed by atoms with Crippen molar-refractivity contribution < 1.29 is 4.42 Å². The van der Waals surface area contributed by atoms with Gasteiger partial charge in [-0.25, -0.2) is 0 Å². The van der Waals surface area contributed by atoms with Crippen molar-refractivity contribution in [3.8, 4) is 33.4 Å². The standard InChI is InChI=1S/C56H45NO/c1-2-11-42(12-3-1)46-17-8-13-43-14-9-18-48(54(43)46)47-15-4-6-19-50(47)57(51-20-10-22-53-55(51)49-16-5-7-21-52(49)58-53)45-29-25-41(26-30-45)40-23-27-44(28-24-40)56-34-37-31-38(35-56)33-39(32-37)36-56/h1-30,37-39H,31-36H2. The lowest BCUT2D eigenvalue weighted by Crippen LogP contribution is -2.48. The monoisotopic (exact) mass is 747 g/mol. The molecule has 0 atom stereocenters. The average Bonchev–Trinajstić information content (AvgIpc) is 3.66. The Kier molecular flexibility index (Phi) is 7.76. The van der Waals surface area contributed by atoms with Crippen molar-refractivity contribution in [1.29, 1.82) is 0 Å². The number of rotatable bonds is 7. The van der Waals surface area contributed by atoms with E-state index in [2.05, 4.69) is 187 Å². The summed E-state index contributed by atoms with van der Waals surface area (Å²) in [5, 5.41) is 4.70. The van der Waals surface area contributed by atoms with Crippen molar-refractivity contribution in [2.75, 3.05) is 4.90 Å². The Balaban J connectivity index is 1.00. The molecule has 0 spiro atoms. The van der Waals surface area contributed by atoms with Gasteiger partial charge in [0.2, 0.25) is 0 Å². The molecule has 58 heavy (non-hydrogen) atoms. The van der Waals surface area contributed by atoms with Crippen LogP contribution in [0.5, 0.6) is 0 Å². The number of furan rings is 1. The molecule has 4 saturated carbocycles. The van der Waals surface area contributed by atoms with Crippen LogP contribution in [0.3, 0.4) is 0 Å². The largest absolute Gasteiger partial charge is 0.456 e. The second-order valence-electron chi connectivity index (χ2n) is 17.5. The number of nitrogens with zero attached hydrogens (tertiary/aromatic N) is 1. The van der Waals surface area contributed by atoms with Crippen molar-refractivity contribution in [2.24, 2.45) is 17.8 Å². The summed E-state index contributed by atoms with van der Waals surface area (Å²) in [7, 11) is 0. The fourth-order valence-corrected chi connectivity index (χ4v) is 12.0. The number of hydrogen-bond acceptors (Lipinski definition) is 2. The highest BCUT2D eigenvalue weighted by Crippen LogP contribution is 2.61. The van der Waals surface area contributed by atoms with Gasteiger partial charge >= 0.3 is 0 Å². The minimum Gasteiger partial charge on any atom is -0.456 e. The van der Waals surface area contributed by atoms with Gasteiger partial charge in [-0.05, 0) is 142 Å². The van der Waals surface area contributed by atoms with Gasteiger partial charge in [-0.3, -0.25) is 0 Å². The van der Waals surface area contributed by atoms with Crippen LogP contribution in [0.15, 0.2) is 186 Å². The van der Waals surface area contributed by atoms with E-state index in [0.717, 1.165) is 56.8 Å². The maximum Gasteiger partial charge on any atom is 0.137 e. The van der Waals surface area contributed by atoms with Gasteiger partial charge in [-0.2, -0.15) is 0 Å². The summed E-state index contributed by atoms with van der Waals surface area (Å²) in [6.45, 7) is 0. The van der Waals surface area contributed by atoms with Gasteiger partial charge in [-0.1, -0.05) is 146 Å². The molecule has 280 valence electrons. The fraction of sp³-hybridized carbons (Fsp3) is 0.179. The van der Waals surface area contributed by atoms with E-state index in [1.54, 1.807) is 5.56 Å². The Morgan fingerprint density at radius 2 is 0.983 bits per heavy atom. The SMILES string of the molecule is c1ccc(-c2cccc3cccc(-c4ccccc4N(c4ccc(-c5ccc(C67CC8CC(CC(C8)C6)C7)cc5)cc4)c4cccc5oc6ccccc6c45)c23)cc1. The Morgan fingerprint density at radius 3 is 1.72 bits per heavy atom. The van der Waals surface area contributed by atoms with Gasteiger partial charge in [0.1, 0.15) is 11.2 Å². The molecule has 2 nitrogen and oxygen atoms in total. The van der Waals surface area contributed by atoms with E-state index in [9.17, 15) is 0 Å². The van der Waals surface area contributed by atoms with Crippen LogP contribution in [0.1, 0.15) is 44.1 Å². The lowest BCUT2D eigenvalue weighted by molar-refractivity contribution is -0.00518. The Bertz CT molecular complexity index is 2930. The molecule has 0 saturated heterocycles. The third kappa shape index (κ3) is 5.46. The third-order valence-electron chi connectivity index (χ3n) is 14.0. The first kappa shape index (κ1) is 33.7. The Morgan fingerprint density at radius 1 is 0.414 bits per heavy atom. The zero-order chi connectivity index (χ0) is 38.2. The van der Waals surface area contributed by atoms with Gasteiger partial charge in [0, 0.05) is 16.6 Å². The first-order valence-electron chi connectivity index (χ1n) is 21.3. The topological polar surface area (TPSA) is 16.4 Å². The first-order valence-corrected chi connectivity index (χ1v) is 21.3. The first-order chi connectivity index (χ1) is 28.7. The van der Waals surface area contributed by atoms with Crippen LogP contribution in [-0.4, -0.2) is 0 Å². The van der Waals surface area contributed by atoms with E-state index in [4.69, 9.17) is 4.42 Å². The van der Waals surface area contributed by atoms with Crippen LogP contribution >= 0.6 is 0 Å². The highest BCUT2D eigenvalue weighted by molar-refractivity contribution is 6.15. The van der Waals surface area contributed by atoms with E-state index in [1.807, 2.05) is 0 Å². The van der Waals surface area contributed by atoms with Gasteiger partial charge in [0.25, 0.3) is 0 Å². The van der Waals surface area contributed by atoms with Crippen LogP contribution < -0.4 is 4.90 Å². The predicted octanol–water partition coefficient (Wildman–Crippen LogP) is 15.7. The maximum atomic E-state index is 6.49. The van der Waals surface area contributed by atoms with E-state index < -0.39 is 0 Å². The fourth-order valence-electron chi connectivity index (χ4n) is 12.0. The zero-order valence-electron chi connectivity index (χ0n) is 32.7. The third-order valence-corrected chi connectivity index (χ3v) is 14.0. The number of hydrogen-bond donors (Lipinski definition) is 0. The van der Waals surface area contributed by atoms with E-state index >= 15 is 0 Å². The van der Waals surface area contributed by atoms with Crippen molar-refractivity contribution >= 4 is 49.8 Å². The second-order valence-corrected chi connectivity index (χ2v) is 17.5. The van der Waals surface area contributed by atoms with E-state index in [-0.39, 0.29) is 0 Å². The van der Waals surface area contributed by atoms with Gasteiger partial charge in [-0.15, -0.1) is 0 Å². The summed E-state index contributed by atoms with van der Waals surface area (Å²) in [4.78, 5) is 2.45. The summed E-state index contributed by atoms with van der Waals surface area (Å²) in [5.74, 6) is 2.84. The summed E-state index contributed by atoms with van der Waals surface area (Å²) >= 11 is 0. The van der Waals surface area contributed by atoms with Crippen molar-refractivity contribution in [3.05, 3.63) is 188 Å². The molecule has 4 aliphatic rings. The molecular weight excluding hydrogens is 703 g/mol. The van der Waals surface area contributed by atoms with Crippen LogP contribution in [0.4, 0.5) is 17.1 Å². The molecule has 0 aliphatic heterocycles. The maximum absolute atomic E-state index is 6.49. The molecule has 13 rings (SSSR count). The number of anilines is 3. The number of para-hydroxylation sites is 2. The summed E-state index contributed by atoms with van der Waals surface area (Å²) in [6, 6.07) is 66.9. The molecule has 2 heteroatoms. The molecule has 0 N–H and O–H groups in total. The Hall–Kier alpha value is -6.38. The lowest BCUT2D eigenvalue weighted by Gasteiger charge is -2.57. The molecule has 4 fully saturated rings. The lowest BCUT2D eigenvalue weighted by atomic mass is 9.48. The van der Waals surface area contributed by atoms with Crippen molar-refractivity contribution in [3.63, 3.8) is 0 Å². The molecule has 9 aromatic rings. The van der Waals surface area contributed by atoms with Crippen molar-refractivity contribution in [2.45, 2.75) is 43.9 Å². The van der Waals surface area contributed by atoms with Crippen LogP contribution in [-0.2, 0) is 5.41 Å². The Labute approximate surface area is 340 Å². The summed E-state index contributed by atoms with van der Waals surface area (Å²) in [6.07, 6.45) is 8.63. The van der Waals surface area contributed by atoms with E-state index in [0.29, 0.717) is 5.41 Å². The molecule has 0 radical (unpaired) electrons. The van der Waals surface area contributed by atoms with Gasteiger partial charge in [0.15, 0.2) is 0 Å². The molecule has 0 amide bonds. The molecule has 4 aliphatic carbocycles. The predicted molar refractivity (Wildman–Crippen MR) is 242 cm³/mol. The van der Waals surface area contributed by atoms with Crippen LogP contribution in [0, 0.1) is 17.8 Å². The zero-order valence-corrected chi connectivity index (χ0v) is 32.7. The second kappa shape index (κ2) is 13.4.